The molecule has 20 heavy (non-hydrogen) atoms. The molecule has 2 N–H and O–H groups in total. The summed E-state index contributed by atoms with van der Waals surface area (Å²) in [7, 11) is 1.98. The van der Waals surface area contributed by atoms with Gasteiger partial charge in [-0.05, 0) is 26.8 Å². The number of aromatic amines is 1. The van der Waals surface area contributed by atoms with Gasteiger partial charge in [0.2, 0.25) is 0 Å². The van der Waals surface area contributed by atoms with E-state index in [1.54, 1.807) is 0 Å². The summed E-state index contributed by atoms with van der Waals surface area (Å²) >= 11 is 0. The summed E-state index contributed by atoms with van der Waals surface area (Å²) in [6.45, 7) is 6.31. The van der Waals surface area contributed by atoms with Crippen molar-refractivity contribution in [3.8, 4) is 0 Å². The van der Waals surface area contributed by atoms with Crippen molar-refractivity contribution < 1.29 is 0 Å². The van der Waals surface area contributed by atoms with E-state index in [-0.39, 0.29) is 6.04 Å². The minimum atomic E-state index is 0.192. The highest BCUT2D eigenvalue weighted by molar-refractivity contribution is 5.90. The largest absolute Gasteiger partial charge is 0.377 e. The number of hydrogen-bond acceptors (Lipinski definition) is 3. The van der Waals surface area contributed by atoms with Gasteiger partial charge < -0.3 is 5.32 Å². The van der Waals surface area contributed by atoms with Crippen LogP contribution in [0.1, 0.15) is 29.9 Å². The molecule has 0 bridgehead atoms. The summed E-state index contributed by atoms with van der Waals surface area (Å²) in [6.07, 6.45) is 1.84. The Morgan fingerprint density at radius 3 is 2.80 bits per heavy atom. The lowest BCUT2D eigenvalue weighted by Crippen LogP contribution is -2.09. The fourth-order valence-corrected chi connectivity index (χ4v) is 2.81. The van der Waals surface area contributed by atoms with Crippen molar-refractivity contribution in [1.29, 1.82) is 0 Å². The minimum Gasteiger partial charge on any atom is -0.377 e. The van der Waals surface area contributed by atoms with Crippen LogP contribution in [0.3, 0.4) is 0 Å². The van der Waals surface area contributed by atoms with Gasteiger partial charge in [-0.1, -0.05) is 12.1 Å². The molecule has 0 saturated carbocycles. The molecule has 0 radical (unpaired) electrons. The van der Waals surface area contributed by atoms with Gasteiger partial charge in [0.05, 0.1) is 29.1 Å². The second-order valence-corrected chi connectivity index (χ2v) is 5.21. The van der Waals surface area contributed by atoms with E-state index in [1.165, 1.54) is 11.3 Å². The zero-order valence-corrected chi connectivity index (χ0v) is 12.2. The van der Waals surface area contributed by atoms with Crippen molar-refractivity contribution in [2.45, 2.75) is 26.8 Å². The first-order valence-corrected chi connectivity index (χ1v) is 6.76. The fourth-order valence-electron chi connectivity index (χ4n) is 2.81. The van der Waals surface area contributed by atoms with Gasteiger partial charge in [-0.2, -0.15) is 10.2 Å². The SMILES string of the molecule is Cc1nn(C)c(C)c1C(C)Nc1cccc2cn[nH]c12. The number of fused-ring (bicyclic) bond motifs is 1. The number of rotatable bonds is 3. The first-order valence-electron chi connectivity index (χ1n) is 6.76. The summed E-state index contributed by atoms with van der Waals surface area (Å²) in [5, 5.41) is 16.3. The smallest absolute Gasteiger partial charge is 0.0881 e. The first-order chi connectivity index (χ1) is 9.58. The van der Waals surface area contributed by atoms with Crippen LogP contribution in [0.5, 0.6) is 0 Å². The number of H-pyrrole nitrogens is 1. The van der Waals surface area contributed by atoms with E-state index in [0.29, 0.717) is 0 Å². The Morgan fingerprint density at radius 2 is 2.10 bits per heavy atom. The highest BCUT2D eigenvalue weighted by atomic mass is 15.3. The standard InChI is InChI=1S/C15H19N5/c1-9(14-10(2)19-20(4)11(14)3)17-13-7-5-6-12-8-16-18-15(12)13/h5-9,17H,1-4H3,(H,16,18). The Hall–Kier alpha value is -2.30. The van der Waals surface area contributed by atoms with E-state index in [1.807, 2.05) is 24.0 Å². The lowest BCUT2D eigenvalue weighted by molar-refractivity contribution is 0.728. The monoisotopic (exact) mass is 269 g/mol. The molecule has 0 fully saturated rings. The lowest BCUT2D eigenvalue weighted by atomic mass is 10.1. The maximum Gasteiger partial charge on any atom is 0.0881 e. The predicted octanol–water partition coefficient (Wildman–Crippen LogP) is 3.09. The van der Waals surface area contributed by atoms with Crippen LogP contribution in [0.4, 0.5) is 5.69 Å². The van der Waals surface area contributed by atoms with Crippen LogP contribution in [0.25, 0.3) is 10.9 Å². The number of para-hydroxylation sites is 1. The van der Waals surface area contributed by atoms with Crippen molar-refractivity contribution in [3.63, 3.8) is 0 Å². The molecule has 0 amide bonds. The fraction of sp³-hybridized carbons (Fsp3) is 0.333. The number of aryl methyl sites for hydroxylation is 2. The van der Waals surface area contributed by atoms with Crippen molar-refractivity contribution in [3.05, 3.63) is 41.3 Å². The quantitative estimate of drug-likeness (QED) is 0.768. The zero-order valence-electron chi connectivity index (χ0n) is 12.2. The van der Waals surface area contributed by atoms with Crippen LogP contribution in [0.2, 0.25) is 0 Å². The molecule has 1 unspecified atom stereocenters. The Labute approximate surface area is 118 Å². The van der Waals surface area contributed by atoms with E-state index in [9.17, 15) is 0 Å². The van der Waals surface area contributed by atoms with Crippen LogP contribution in [-0.2, 0) is 7.05 Å². The van der Waals surface area contributed by atoms with Gasteiger partial charge in [-0.15, -0.1) is 0 Å². The van der Waals surface area contributed by atoms with Gasteiger partial charge in [0.15, 0.2) is 0 Å². The summed E-state index contributed by atoms with van der Waals surface area (Å²) < 4.78 is 1.93. The normalized spacial score (nSPS) is 12.8. The average Bonchev–Trinajstić information content (AvgIpc) is 2.96. The summed E-state index contributed by atoms with van der Waals surface area (Å²) in [5.41, 5.74) is 5.62. The maximum atomic E-state index is 4.48. The van der Waals surface area contributed by atoms with Crippen LogP contribution in [0, 0.1) is 13.8 Å². The summed E-state index contributed by atoms with van der Waals surface area (Å²) in [6, 6.07) is 6.35. The van der Waals surface area contributed by atoms with E-state index < -0.39 is 0 Å². The van der Waals surface area contributed by atoms with Gasteiger partial charge in [-0.25, -0.2) is 0 Å². The molecular formula is C15H19N5. The van der Waals surface area contributed by atoms with Crippen LogP contribution in [-0.4, -0.2) is 20.0 Å². The van der Waals surface area contributed by atoms with Gasteiger partial charge in [0, 0.05) is 23.7 Å². The molecule has 1 aromatic carbocycles. The van der Waals surface area contributed by atoms with Crippen molar-refractivity contribution >= 4 is 16.6 Å². The van der Waals surface area contributed by atoms with Gasteiger partial charge in [0.25, 0.3) is 0 Å². The van der Waals surface area contributed by atoms with E-state index in [0.717, 1.165) is 22.3 Å². The lowest BCUT2D eigenvalue weighted by Gasteiger charge is -2.16. The Balaban J connectivity index is 1.96. The molecule has 2 aromatic heterocycles. The molecule has 104 valence electrons. The maximum absolute atomic E-state index is 4.48. The zero-order chi connectivity index (χ0) is 14.3. The second kappa shape index (κ2) is 4.67. The number of anilines is 1. The molecule has 5 nitrogen and oxygen atoms in total. The number of nitrogens with one attached hydrogen (secondary N) is 2. The number of benzene rings is 1. The van der Waals surface area contributed by atoms with Gasteiger partial charge in [0.1, 0.15) is 0 Å². The minimum absolute atomic E-state index is 0.192. The van der Waals surface area contributed by atoms with Gasteiger partial charge >= 0.3 is 0 Å². The third kappa shape index (κ3) is 1.95. The van der Waals surface area contributed by atoms with Crippen molar-refractivity contribution in [1.82, 2.24) is 20.0 Å². The van der Waals surface area contributed by atoms with Crippen LogP contribution < -0.4 is 5.32 Å². The van der Waals surface area contributed by atoms with E-state index in [2.05, 4.69) is 53.5 Å². The molecule has 0 aliphatic rings. The predicted molar refractivity (Wildman–Crippen MR) is 80.8 cm³/mol. The average molecular weight is 269 g/mol. The van der Waals surface area contributed by atoms with E-state index >= 15 is 0 Å². The molecular weight excluding hydrogens is 250 g/mol. The molecule has 0 aliphatic heterocycles. The second-order valence-electron chi connectivity index (χ2n) is 5.21. The van der Waals surface area contributed by atoms with Crippen molar-refractivity contribution in [2.75, 3.05) is 5.32 Å². The molecule has 1 atom stereocenters. The third-order valence-electron chi connectivity index (χ3n) is 3.85. The Morgan fingerprint density at radius 1 is 1.30 bits per heavy atom. The van der Waals surface area contributed by atoms with Crippen LogP contribution >= 0.6 is 0 Å². The summed E-state index contributed by atoms with van der Waals surface area (Å²) in [4.78, 5) is 0. The number of hydrogen-bond donors (Lipinski definition) is 2. The number of nitrogens with zero attached hydrogens (tertiary/aromatic N) is 3. The topological polar surface area (TPSA) is 58.5 Å². The highest BCUT2D eigenvalue weighted by Crippen LogP contribution is 2.28. The molecule has 3 rings (SSSR count). The summed E-state index contributed by atoms with van der Waals surface area (Å²) in [5.74, 6) is 0. The number of aromatic nitrogens is 4. The van der Waals surface area contributed by atoms with Gasteiger partial charge in [-0.3, -0.25) is 9.78 Å². The Bertz CT molecular complexity index is 753. The molecule has 5 heteroatoms. The third-order valence-corrected chi connectivity index (χ3v) is 3.85. The molecule has 0 spiro atoms. The highest BCUT2D eigenvalue weighted by Gasteiger charge is 2.17. The molecule has 3 aromatic rings. The molecule has 0 saturated heterocycles. The molecule has 2 heterocycles. The Kier molecular flexibility index (Phi) is 2.97. The first kappa shape index (κ1) is 12.7. The van der Waals surface area contributed by atoms with E-state index in [4.69, 9.17) is 0 Å². The van der Waals surface area contributed by atoms with Crippen LogP contribution in [0.15, 0.2) is 24.4 Å². The van der Waals surface area contributed by atoms with Crippen molar-refractivity contribution in [2.24, 2.45) is 7.05 Å². The molecule has 0 aliphatic carbocycles.